The van der Waals surface area contributed by atoms with Crippen molar-refractivity contribution in [2.45, 2.75) is 26.4 Å². The van der Waals surface area contributed by atoms with Gasteiger partial charge in [0.1, 0.15) is 0 Å². The van der Waals surface area contributed by atoms with Crippen LogP contribution in [-0.2, 0) is 11.3 Å². The minimum atomic E-state index is -0.0712. The molecular formula is C16H27Cl2N3O. The Balaban J connectivity index is 0.00000220. The zero-order valence-corrected chi connectivity index (χ0v) is 14.9. The van der Waals surface area contributed by atoms with E-state index in [0.717, 1.165) is 26.2 Å². The average molecular weight is 348 g/mol. The van der Waals surface area contributed by atoms with Crippen LogP contribution in [0.4, 0.5) is 0 Å². The van der Waals surface area contributed by atoms with Gasteiger partial charge in [0, 0.05) is 44.7 Å². The Morgan fingerprint density at radius 3 is 2.45 bits per heavy atom. The van der Waals surface area contributed by atoms with Gasteiger partial charge in [-0.2, -0.15) is 0 Å². The van der Waals surface area contributed by atoms with Crippen LogP contribution >= 0.6 is 24.8 Å². The molecular weight excluding hydrogens is 321 g/mol. The molecule has 1 heterocycles. The summed E-state index contributed by atoms with van der Waals surface area (Å²) in [6, 6.07) is 10.7. The molecule has 1 amide bonds. The molecule has 0 aliphatic carbocycles. The lowest BCUT2D eigenvalue weighted by atomic mass is 10.1. The molecule has 0 spiro atoms. The second-order valence-electron chi connectivity index (χ2n) is 5.74. The molecule has 0 bridgehead atoms. The van der Waals surface area contributed by atoms with E-state index in [1.54, 1.807) is 0 Å². The highest BCUT2D eigenvalue weighted by molar-refractivity contribution is 5.85. The van der Waals surface area contributed by atoms with Gasteiger partial charge in [0.05, 0.1) is 0 Å². The lowest BCUT2D eigenvalue weighted by molar-refractivity contribution is -0.139. The van der Waals surface area contributed by atoms with Gasteiger partial charge in [0.2, 0.25) is 5.91 Å². The number of nitrogens with zero attached hydrogens (tertiary/aromatic N) is 2. The third-order valence-corrected chi connectivity index (χ3v) is 4.02. The summed E-state index contributed by atoms with van der Waals surface area (Å²) in [7, 11) is 0. The highest BCUT2D eigenvalue weighted by atomic mass is 35.5. The van der Waals surface area contributed by atoms with Gasteiger partial charge in [-0.3, -0.25) is 9.69 Å². The number of hydrogen-bond donors (Lipinski definition) is 1. The van der Waals surface area contributed by atoms with Gasteiger partial charge < -0.3 is 10.6 Å². The van der Waals surface area contributed by atoms with Crippen molar-refractivity contribution in [3.05, 3.63) is 35.9 Å². The van der Waals surface area contributed by atoms with Crippen molar-refractivity contribution < 1.29 is 4.79 Å². The summed E-state index contributed by atoms with van der Waals surface area (Å²) in [5.41, 5.74) is 6.93. The average Bonchev–Trinajstić information content (AvgIpc) is 2.47. The number of halogens is 2. The molecule has 1 unspecified atom stereocenters. The molecule has 1 saturated heterocycles. The summed E-state index contributed by atoms with van der Waals surface area (Å²) in [5.74, 6) is 0.123. The monoisotopic (exact) mass is 347 g/mol. The van der Waals surface area contributed by atoms with Crippen LogP contribution in [0.1, 0.15) is 19.4 Å². The smallest absolute Gasteiger partial charge is 0.227 e. The zero-order valence-electron chi connectivity index (χ0n) is 13.3. The van der Waals surface area contributed by atoms with Crippen LogP contribution in [0, 0.1) is 5.92 Å². The quantitative estimate of drug-likeness (QED) is 0.907. The van der Waals surface area contributed by atoms with Crippen LogP contribution in [0.25, 0.3) is 0 Å². The van der Waals surface area contributed by atoms with E-state index in [2.05, 4.69) is 36.1 Å². The van der Waals surface area contributed by atoms with Crippen molar-refractivity contribution in [2.24, 2.45) is 11.7 Å². The molecule has 6 heteroatoms. The SMILES string of the molecule is CC(CN)C(=O)N1CCN(Cc2ccccc2)C[C@H]1C.Cl.Cl. The summed E-state index contributed by atoms with van der Waals surface area (Å²) in [4.78, 5) is 16.6. The van der Waals surface area contributed by atoms with Crippen LogP contribution in [0.15, 0.2) is 30.3 Å². The predicted molar refractivity (Wildman–Crippen MR) is 95.6 cm³/mol. The number of benzene rings is 1. The molecule has 126 valence electrons. The van der Waals surface area contributed by atoms with Gasteiger partial charge in [-0.05, 0) is 12.5 Å². The minimum Gasteiger partial charge on any atom is -0.337 e. The molecule has 0 radical (unpaired) electrons. The lowest BCUT2D eigenvalue weighted by Gasteiger charge is -2.41. The molecule has 2 atom stereocenters. The maximum atomic E-state index is 12.2. The van der Waals surface area contributed by atoms with Gasteiger partial charge in [-0.25, -0.2) is 0 Å². The highest BCUT2D eigenvalue weighted by Gasteiger charge is 2.29. The van der Waals surface area contributed by atoms with E-state index in [9.17, 15) is 4.79 Å². The van der Waals surface area contributed by atoms with Crippen molar-refractivity contribution in [3.8, 4) is 0 Å². The van der Waals surface area contributed by atoms with Crippen molar-refractivity contribution in [2.75, 3.05) is 26.2 Å². The first-order valence-corrected chi connectivity index (χ1v) is 7.38. The van der Waals surface area contributed by atoms with Crippen molar-refractivity contribution >= 4 is 30.7 Å². The molecule has 0 aromatic heterocycles. The maximum absolute atomic E-state index is 12.2. The van der Waals surface area contributed by atoms with E-state index in [4.69, 9.17) is 5.73 Å². The molecule has 2 N–H and O–H groups in total. The number of hydrogen-bond acceptors (Lipinski definition) is 3. The van der Waals surface area contributed by atoms with Gasteiger partial charge in [0.15, 0.2) is 0 Å². The Kier molecular flexibility index (Phi) is 9.69. The molecule has 22 heavy (non-hydrogen) atoms. The van der Waals surface area contributed by atoms with Gasteiger partial charge in [-0.1, -0.05) is 37.3 Å². The highest BCUT2D eigenvalue weighted by Crippen LogP contribution is 2.15. The molecule has 2 rings (SSSR count). The Bertz CT molecular complexity index is 444. The summed E-state index contributed by atoms with van der Waals surface area (Å²) in [6.07, 6.45) is 0. The van der Waals surface area contributed by atoms with Crippen LogP contribution in [0.3, 0.4) is 0 Å². The minimum absolute atomic E-state index is 0. The summed E-state index contributed by atoms with van der Waals surface area (Å²) < 4.78 is 0. The summed E-state index contributed by atoms with van der Waals surface area (Å²) in [6.45, 7) is 8.08. The Morgan fingerprint density at radius 2 is 1.91 bits per heavy atom. The van der Waals surface area contributed by atoms with Gasteiger partial charge in [-0.15, -0.1) is 24.8 Å². The van der Waals surface area contributed by atoms with Crippen molar-refractivity contribution in [3.63, 3.8) is 0 Å². The van der Waals surface area contributed by atoms with Gasteiger partial charge in [0.25, 0.3) is 0 Å². The number of piperazine rings is 1. The first-order chi connectivity index (χ1) is 9.61. The first kappa shape index (κ1) is 21.2. The topological polar surface area (TPSA) is 49.6 Å². The van der Waals surface area contributed by atoms with E-state index >= 15 is 0 Å². The Morgan fingerprint density at radius 1 is 1.27 bits per heavy atom. The number of carbonyl (C=O) groups excluding carboxylic acids is 1. The van der Waals surface area contributed by atoms with E-state index in [1.807, 2.05) is 17.9 Å². The standard InChI is InChI=1S/C16H25N3O.2ClH/c1-13(10-17)16(20)19-9-8-18(11-14(19)2)12-15-6-4-3-5-7-15;;/h3-7,13-14H,8-12,17H2,1-2H3;2*1H/t13?,14-;;/m1../s1. The third-order valence-electron chi connectivity index (χ3n) is 4.02. The third kappa shape index (κ3) is 5.43. The Hall–Kier alpha value is -0.810. The van der Waals surface area contributed by atoms with Crippen molar-refractivity contribution in [1.82, 2.24) is 9.80 Å². The largest absolute Gasteiger partial charge is 0.337 e. The summed E-state index contributed by atoms with van der Waals surface area (Å²) in [5, 5.41) is 0. The zero-order chi connectivity index (χ0) is 14.5. The first-order valence-electron chi connectivity index (χ1n) is 7.38. The number of nitrogens with two attached hydrogens (primary N) is 1. The predicted octanol–water partition coefficient (Wildman–Crippen LogP) is 2.16. The lowest BCUT2D eigenvalue weighted by Crippen LogP contribution is -2.55. The second kappa shape index (κ2) is 10.1. The van der Waals surface area contributed by atoms with E-state index in [-0.39, 0.29) is 42.7 Å². The van der Waals surface area contributed by atoms with E-state index in [1.165, 1.54) is 5.56 Å². The van der Waals surface area contributed by atoms with E-state index in [0.29, 0.717) is 6.54 Å². The molecule has 0 saturated carbocycles. The van der Waals surface area contributed by atoms with Gasteiger partial charge >= 0.3 is 0 Å². The number of rotatable bonds is 4. The fraction of sp³-hybridized carbons (Fsp3) is 0.562. The van der Waals surface area contributed by atoms with Crippen LogP contribution in [0.2, 0.25) is 0 Å². The second-order valence-corrected chi connectivity index (χ2v) is 5.74. The fourth-order valence-electron chi connectivity index (χ4n) is 2.73. The van der Waals surface area contributed by atoms with E-state index < -0.39 is 0 Å². The normalized spacial score (nSPS) is 19.8. The van der Waals surface area contributed by atoms with Crippen LogP contribution in [-0.4, -0.2) is 47.9 Å². The summed E-state index contributed by atoms with van der Waals surface area (Å²) >= 11 is 0. The van der Waals surface area contributed by atoms with Crippen LogP contribution < -0.4 is 5.73 Å². The molecule has 1 aromatic rings. The molecule has 1 aliphatic heterocycles. The molecule has 1 fully saturated rings. The molecule has 4 nitrogen and oxygen atoms in total. The maximum Gasteiger partial charge on any atom is 0.227 e. The fourth-order valence-corrected chi connectivity index (χ4v) is 2.73. The number of amides is 1. The molecule has 1 aromatic carbocycles. The van der Waals surface area contributed by atoms with Crippen LogP contribution in [0.5, 0.6) is 0 Å². The molecule has 1 aliphatic rings. The Labute approximate surface area is 145 Å². The van der Waals surface area contributed by atoms with Crippen molar-refractivity contribution in [1.29, 1.82) is 0 Å². The number of carbonyl (C=O) groups is 1.